The van der Waals surface area contributed by atoms with Gasteiger partial charge in [0, 0.05) is 5.56 Å². The summed E-state index contributed by atoms with van der Waals surface area (Å²) in [6.07, 6.45) is 1.51. The van der Waals surface area contributed by atoms with E-state index in [0.717, 1.165) is 16.8 Å². The van der Waals surface area contributed by atoms with Crippen LogP contribution in [-0.4, -0.2) is 45.9 Å². The fourth-order valence-electron chi connectivity index (χ4n) is 2.37. The first-order valence-corrected chi connectivity index (χ1v) is 10.1. The van der Waals surface area contributed by atoms with Crippen LogP contribution in [0.5, 0.6) is 11.5 Å². The number of thiophene rings is 1. The van der Waals surface area contributed by atoms with Crippen molar-refractivity contribution in [2.24, 2.45) is 0 Å². The average molecular weight is 451 g/mol. The number of ether oxygens (including phenoxy) is 2. The number of methoxy groups -OCH3 is 1. The Hall–Kier alpha value is -2.89. The topological polar surface area (TPSA) is 105 Å². The molecule has 2 heterocycles. The number of carboxylic acids is 1. The van der Waals surface area contributed by atoms with Gasteiger partial charge in [0.15, 0.2) is 22.4 Å². The van der Waals surface area contributed by atoms with Crippen LogP contribution in [0, 0.1) is 0 Å². The van der Waals surface area contributed by atoms with Crippen LogP contribution in [0.15, 0.2) is 40.6 Å². The number of hydrazine groups is 1. The second-order valence-corrected chi connectivity index (χ2v) is 8.12. The van der Waals surface area contributed by atoms with Gasteiger partial charge in [-0.3, -0.25) is 15.0 Å². The summed E-state index contributed by atoms with van der Waals surface area (Å²) in [5, 5.41) is 11.6. The van der Waals surface area contributed by atoms with Crippen LogP contribution in [0.1, 0.15) is 15.2 Å². The quantitative estimate of drug-likeness (QED) is 0.490. The van der Waals surface area contributed by atoms with Gasteiger partial charge in [0.1, 0.15) is 0 Å². The highest BCUT2D eigenvalue weighted by atomic mass is 32.2. The molecule has 0 radical (unpaired) electrons. The van der Waals surface area contributed by atoms with Gasteiger partial charge in [-0.05, 0) is 35.8 Å². The van der Waals surface area contributed by atoms with Crippen molar-refractivity contribution in [1.82, 2.24) is 10.4 Å². The predicted molar refractivity (Wildman–Crippen MR) is 113 cm³/mol. The van der Waals surface area contributed by atoms with Crippen molar-refractivity contribution in [3.05, 3.63) is 51.1 Å². The molecule has 0 aliphatic carbocycles. The zero-order valence-electron chi connectivity index (χ0n) is 14.9. The SMILES string of the molecule is COc1cccc(/C=C2/SC(=S)N(NC(=O)c3cccs3)C2=O)c1OCC(=O)O. The standard InChI is InChI=1S/C18H14N2O6S3/c1-25-11-5-2-4-10(15(11)26-9-14(21)22)8-13-17(24)20(18(27)29-13)19-16(23)12-6-3-7-28-12/h2-8H,9H2,1H3,(H,19,23)(H,21,22)/b13-8+. The number of hydrogen-bond donors (Lipinski definition) is 2. The lowest BCUT2D eigenvalue weighted by atomic mass is 10.1. The predicted octanol–water partition coefficient (Wildman–Crippen LogP) is 2.77. The van der Waals surface area contributed by atoms with E-state index in [-0.39, 0.29) is 15.0 Å². The Kier molecular flexibility index (Phi) is 6.52. The fourth-order valence-corrected chi connectivity index (χ4v) is 4.15. The number of hydrogen-bond acceptors (Lipinski definition) is 8. The first-order chi connectivity index (χ1) is 13.9. The van der Waals surface area contributed by atoms with Gasteiger partial charge in [-0.1, -0.05) is 30.0 Å². The Morgan fingerprint density at radius 2 is 2.10 bits per heavy atom. The molecule has 2 aromatic rings. The molecule has 0 spiro atoms. The van der Waals surface area contributed by atoms with E-state index < -0.39 is 24.4 Å². The van der Waals surface area contributed by atoms with Crippen molar-refractivity contribution in [2.45, 2.75) is 0 Å². The number of thiocarbonyl (C=S) groups is 1. The van der Waals surface area contributed by atoms with E-state index in [1.54, 1.807) is 35.7 Å². The molecule has 11 heteroatoms. The highest BCUT2D eigenvalue weighted by molar-refractivity contribution is 8.26. The minimum Gasteiger partial charge on any atom is -0.493 e. The van der Waals surface area contributed by atoms with E-state index in [4.69, 9.17) is 26.8 Å². The number of para-hydroxylation sites is 1. The second kappa shape index (κ2) is 9.07. The maximum Gasteiger partial charge on any atom is 0.341 e. The van der Waals surface area contributed by atoms with Crippen LogP contribution in [-0.2, 0) is 9.59 Å². The molecule has 1 aliphatic heterocycles. The first-order valence-electron chi connectivity index (χ1n) is 8.04. The Morgan fingerprint density at radius 3 is 2.76 bits per heavy atom. The van der Waals surface area contributed by atoms with Crippen molar-refractivity contribution in [2.75, 3.05) is 13.7 Å². The third kappa shape index (κ3) is 4.75. The van der Waals surface area contributed by atoms with E-state index in [0.29, 0.717) is 16.2 Å². The third-order valence-electron chi connectivity index (χ3n) is 3.61. The number of aliphatic carboxylic acids is 1. The third-order valence-corrected chi connectivity index (χ3v) is 5.78. The molecule has 29 heavy (non-hydrogen) atoms. The van der Waals surface area contributed by atoms with Crippen LogP contribution in [0.4, 0.5) is 0 Å². The molecular weight excluding hydrogens is 436 g/mol. The summed E-state index contributed by atoms with van der Waals surface area (Å²) < 4.78 is 10.7. The minimum atomic E-state index is -1.15. The van der Waals surface area contributed by atoms with E-state index in [2.05, 4.69) is 5.43 Å². The molecule has 1 aromatic carbocycles. The molecule has 2 amide bonds. The molecule has 0 saturated carbocycles. The Bertz CT molecular complexity index is 1000. The van der Waals surface area contributed by atoms with Crippen LogP contribution in [0.25, 0.3) is 6.08 Å². The summed E-state index contributed by atoms with van der Waals surface area (Å²) >= 11 is 7.46. The Morgan fingerprint density at radius 1 is 1.31 bits per heavy atom. The normalized spacial score (nSPS) is 14.9. The number of carbonyl (C=O) groups excluding carboxylic acids is 2. The van der Waals surface area contributed by atoms with Crippen LogP contribution in [0.3, 0.4) is 0 Å². The van der Waals surface area contributed by atoms with Crippen LogP contribution >= 0.6 is 35.3 Å². The van der Waals surface area contributed by atoms with Gasteiger partial charge in [-0.15, -0.1) is 11.3 Å². The second-order valence-electron chi connectivity index (χ2n) is 5.50. The lowest BCUT2D eigenvalue weighted by molar-refractivity contribution is -0.139. The number of amides is 2. The number of carboxylic acid groups (broad SMARTS) is 1. The van der Waals surface area contributed by atoms with Crippen molar-refractivity contribution in [3.63, 3.8) is 0 Å². The largest absolute Gasteiger partial charge is 0.493 e. The highest BCUT2D eigenvalue weighted by Gasteiger charge is 2.34. The van der Waals surface area contributed by atoms with Gasteiger partial charge >= 0.3 is 5.97 Å². The molecule has 1 fully saturated rings. The van der Waals surface area contributed by atoms with E-state index in [9.17, 15) is 14.4 Å². The zero-order chi connectivity index (χ0) is 21.0. The van der Waals surface area contributed by atoms with E-state index in [1.165, 1.54) is 24.5 Å². The van der Waals surface area contributed by atoms with Crippen LogP contribution < -0.4 is 14.9 Å². The molecule has 2 N–H and O–H groups in total. The summed E-state index contributed by atoms with van der Waals surface area (Å²) in [5.74, 6) is -1.59. The molecule has 3 rings (SSSR count). The molecule has 1 aromatic heterocycles. The summed E-state index contributed by atoms with van der Waals surface area (Å²) in [5.41, 5.74) is 2.93. The average Bonchev–Trinajstić information content (AvgIpc) is 3.31. The summed E-state index contributed by atoms with van der Waals surface area (Å²) in [7, 11) is 1.42. The lowest BCUT2D eigenvalue weighted by Crippen LogP contribution is -2.44. The molecule has 0 unspecified atom stereocenters. The Balaban J connectivity index is 1.85. The maximum absolute atomic E-state index is 12.7. The van der Waals surface area contributed by atoms with Crippen molar-refractivity contribution in [3.8, 4) is 11.5 Å². The smallest absolute Gasteiger partial charge is 0.341 e. The summed E-state index contributed by atoms with van der Waals surface area (Å²) in [6.45, 7) is -0.570. The molecular formula is C18H14N2O6S3. The zero-order valence-corrected chi connectivity index (χ0v) is 17.4. The van der Waals surface area contributed by atoms with Gasteiger partial charge in [0.05, 0.1) is 16.9 Å². The van der Waals surface area contributed by atoms with Gasteiger partial charge in [-0.25, -0.2) is 4.79 Å². The molecule has 8 nitrogen and oxygen atoms in total. The van der Waals surface area contributed by atoms with Crippen molar-refractivity contribution >= 4 is 63.5 Å². The molecule has 0 bridgehead atoms. The number of carbonyl (C=O) groups is 3. The van der Waals surface area contributed by atoms with Gasteiger partial charge in [-0.2, -0.15) is 5.01 Å². The maximum atomic E-state index is 12.7. The van der Waals surface area contributed by atoms with Gasteiger partial charge < -0.3 is 14.6 Å². The molecule has 1 aliphatic rings. The number of benzene rings is 1. The van der Waals surface area contributed by atoms with E-state index >= 15 is 0 Å². The molecule has 150 valence electrons. The Labute approximate surface area is 179 Å². The number of thioether (sulfide) groups is 1. The monoisotopic (exact) mass is 450 g/mol. The van der Waals surface area contributed by atoms with Crippen molar-refractivity contribution < 1.29 is 29.0 Å². The fraction of sp³-hybridized carbons (Fsp3) is 0.111. The van der Waals surface area contributed by atoms with Gasteiger partial charge in [0.2, 0.25) is 0 Å². The summed E-state index contributed by atoms with van der Waals surface area (Å²) in [6, 6.07) is 8.30. The molecule has 1 saturated heterocycles. The highest BCUT2D eigenvalue weighted by Crippen LogP contribution is 2.37. The van der Waals surface area contributed by atoms with E-state index in [1.807, 2.05) is 0 Å². The lowest BCUT2D eigenvalue weighted by Gasteiger charge is -2.15. The minimum absolute atomic E-state index is 0.169. The number of nitrogens with zero attached hydrogens (tertiary/aromatic N) is 1. The van der Waals surface area contributed by atoms with Gasteiger partial charge in [0.25, 0.3) is 11.8 Å². The molecule has 0 atom stereocenters. The van der Waals surface area contributed by atoms with Crippen LogP contribution in [0.2, 0.25) is 0 Å². The summed E-state index contributed by atoms with van der Waals surface area (Å²) in [4.78, 5) is 36.5. The first kappa shape index (κ1) is 20.8. The van der Waals surface area contributed by atoms with Crippen molar-refractivity contribution in [1.29, 1.82) is 0 Å². The number of nitrogens with one attached hydrogen (secondary N) is 1. The number of rotatable bonds is 7.